The van der Waals surface area contributed by atoms with E-state index in [9.17, 15) is 14.4 Å². The number of hydrogen-bond donors (Lipinski definition) is 12. The van der Waals surface area contributed by atoms with Gasteiger partial charge in [-0.05, 0) is 0 Å². The number of carbonyl (C=O) groups is 3. The fourth-order valence-electron chi connectivity index (χ4n) is 1.11. The molecule has 0 atom stereocenters. The molecule has 0 aliphatic carbocycles. The average Bonchev–Trinajstić information content (AvgIpc) is 2.60. The summed E-state index contributed by atoms with van der Waals surface area (Å²) >= 11 is 11.0. The summed E-state index contributed by atoms with van der Waals surface area (Å²) in [6.45, 7) is -1.95. The van der Waals surface area contributed by atoms with Crippen molar-refractivity contribution >= 4 is 55.8 Å². The lowest BCUT2D eigenvalue weighted by Crippen LogP contribution is -2.43. The molecule has 0 aromatic rings. The molecule has 12 nitrogen and oxygen atoms in total. The number of aliphatic hydroxyl groups excluding tert-OH is 3. The van der Waals surface area contributed by atoms with Crippen molar-refractivity contribution in [1.82, 2.24) is 0 Å². The van der Waals surface area contributed by atoms with Crippen LogP contribution in [0.15, 0.2) is 0 Å². The summed E-state index contributed by atoms with van der Waals surface area (Å²) in [5.41, 5.74) is -1.47. The van der Waals surface area contributed by atoms with Gasteiger partial charge in [0.2, 0.25) is 0 Å². The molecule has 0 heterocycles. The van der Waals surface area contributed by atoms with Crippen LogP contribution < -0.4 is 0 Å². The van der Waals surface area contributed by atoms with E-state index in [1.807, 2.05) is 0 Å². The van der Waals surface area contributed by atoms with Crippen LogP contribution in [-0.4, -0.2) is 107 Å². The molecule has 0 amide bonds. The Morgan fingerprint density at radius 3 is 0.867 bits per heavy atom. The van der Waals surface area contributed by atoms with Gasteiger partial charge in [0.1, 0.15) is 0 Å². The van der Waals surface area contributed by atoms with Gasteiger partial charge >= 0.3 is 17.9 Å². The van der Waals surface area contributed by atoms with Crippen LogP contribution in [0, 0.1) is 5.41 Å². The predicted octanol–water partition coefficient (Wildman–Crippen LogP) is -1.86. The maximum atomic E-state index is 9.55. The molecule has 0 aliphatic heterocycles. The molecule has 0 aromatic heterocycles. The topological polar surface area (TPSA) is 233 Å². The lowest BCUT2D eigenvalue weighted by Gasteiger charge is -2.30. The van der Waals surface area contributed by atoms with Gasteiger partial charge in [0.05, 0.1) is 39.1 Å². The molecule has 9 N–H and O–H groups in total. The third kappa shape index (κ3) is 34.7. The van der Waals surface area contributed by atoms with Crippen LogP contribution in [0.3, 0.4) is 0 Å². The number of aliphatic hydroxyl groups is 6. The van der Waals surface area contributed by atoms with Crippen molar-refractivity contribution in [2.45, 2.75) is 31.7 Å². The van der Waals surface area contributed by atoms with Gasteiger partial charge in [-0.2, -0.15) is 37.9 Å². The Morgan fingerprint density at radius 2 is 0.833 bits per heavy atom. The summed E-state index contributed by atoms with van der Waals surface area (Å²) in [6.07, 6.45) is -0.251. The van der Waals surface area contributed by atoms with E-state index in [0.717, 1.165) is 0 Å². The molecule has 15 heteroatoms. The normalized spacial score (nSPS) is 10.3. The van der Waals surface area contributed by atoms with Crippen LogP contribution in [0.25, 0.3) is 0 Å². The van der Waals surface area contributed by atoms with Gasteiger partial charge in [-0.1, -0.05) is 0 Å². The number of rotatable bonds is 11. The van der Waals surface area contributed by atoms with Crippen molar-refractivity contribution in [3.05, 3.63) is 0 Å². The van der Waals surface area contributed by atoms with E-state index < -0.39 is 55.5 Å². The minimum Gasteiger partial charge on any atom is -0.481 e. The van der Waals surface area contributed by atoms with Gasteiger partial charge in [0.25, 0.3) is 5.97 Å². The highest BCUT2D eigenvalue weighted by molar-refractivity contribution is 7.80. The number of aliphatic carboxylic acids is 3. The van der Waals surface area contributed by atoms with Crippen molar-refractivity contribution in [3.63, 3.8) is 0 Å². The van der Waals surface area contributed by atoms with Gasteiger partial charge in [-0.25, -0.2) is 0 Å². The molecular formula is C15H32O12S3. The third-order valence-corrected chi connectivity index (χ3v) is 3.27. The summed E-state index contributed by atoms with van der Waals surface area (Å²) in [6, 6.07) is 0. The van der Waals surface area contributed by atoms with Crippen LogP contribution in [-0.2, 0) is 14.4 Å². The van der Waals surface area contributed by atoms with E-state index in [4.69, 9.17) is 46.0 Å². The van der Waals surface area contributed by atoms with Gasteiger partial charge in [0.15, 0.2) is 0 Å². The van der Waals surface area contributed by atoms with Crippen molar-refractivity contribution < 1.29 is 60.3 Å². The molecule has 0 saturated heterocycles. The molecule has 30 heavy (non-hydrogen) atoms. The highest BCUT2D eigenvalue weighted by atomic mass is 32.1. The molecule has 182 valence electrons. The standard InChI is InChI=1S/C6H14O6.3C3H6O2S/c7-2-5(3-8,4-9)1-6(10,11)12;3*4-3(5)1-2-6/h7-12H,1-4H2;3*6H,1-2H2,(H,4,5). The van der Waals surface area contributed by atoms with Crippen LogP contribution >= 0.6 is 37.9 Å². The summed E-state index contributed by atoms with van der Waals surface area (Å²) < 4.78 is 0. The Balaban J connectivity index is -0.000000161. The fraction of sp³-hybridized carbons (Fsp3) is 0.800. The third-order valence-electron chi connectivity index (χ3n) is 2.60. The lowest BCUT2D eigenvalue weighted by molar-refractivity contribution is -0.331. The zero-order valence-corrected chi connectivity index (χ0v) is 18.8. The Hall–Kier alpha value is -0.780. The second-order valence-electron chi connectivity index (χ2n) is 5.53. The van der Waals surface area contributed by atoms with Crippen LogP contribution in [0.4, 0.5) is 0 Å². The van der Waals surface area contributed by atoms with Crippen LogP contribution in [0.1, 0.15) is 25.7 Å². The van der Waals surface area contributed by atoms with E-state index >= 15 is 0 Å². The Bertz CT molecular complexity index is 393. The van der Waals surface area contributed by atoms with E-state index in [2.05, 4.69) is 37.9 Å². The number of carboxylic acids is 3. The number of thiol groups is 3. The van der Waals surface area contributed by atoms with Crippen LogP contribution in [0.5, 0.6) is 0 Å². The highest BCUT2D eigenvalue weighted by Gasteiger charge is 2.37. The van der Waals surface area contributed by atoms with Gasteiger partial charge in [0, 0.05) is 29.1 Å². The number of carboxylic acid groups (broad SMARTS) is 3. The summed E-state index contributed by atoms with van der Waals surface area (Å²) in [5, 5.41) is 75.2. The molecule has 0 spiro atoms. The molecule has 0 aliphatic rings. The molecule has 0 fully saturated rings. The zero-order valence-electron chi connectivity index (χ0n) is 16.2. The van der Waals surface area contributed by atoms with Crippen molar-refractivity contribution in [3.8, 4) is 0 Å². The van der Waals surface area contributed by atoms with Gasteiger partial charge in [-0.15, -0.1) is 0 Å². The first-order valence-electron chi connectivity index (χ1n) is 8.18. The van der Waals surface area contributed by atoms with E-state index in [0.29, 0.717) is 17.3 Å². The second-order valence-corrected chi connectivity index (χ2v) is 6.87. The highest BCUT2D eigenvalue weighted by Crippen LogP contribution is 2.24. The van der Waals surface area contributed by atoms with Gasteiger partial charge < -0.3 is 46.0 Å². The van der Waals surface area contributed by atoms with E-state index in [1.54, 1.807) is 0 Å². The van der Waals surface area contributed by atoms with E-state index in [1.165, 1.54) is 0 Å². The molecule has 0 rings (SSSR count). The molecule has 0 bridgehead atoms. The molecule has 0 aromatic carbocycles. The smallest absolute Gasteiger partial charge is 0.304 e. The first kappa shape index (κ1) is 36.6. The maximum absolute atomic E-state index is 9.55. The van der Waals surface area contributed by atoms with Crippen LogP contribution in [0.2, 0.25) is 0 Å². The monoisotopic (exact) mass is 500 g/mol. The Kier molecular flexibility index (Phi) is 27.9. The largest absolute Gasteiger partial charge is 0.481 e. The number of hydrogen-bond acceptors (Lipinski definition) is 12. The molecular weight excluding hydrogens is 468 g/mol. The first-order chi connectivity index (χ1) is 13.7. The summed E-state index contributed by atoms with van der Waals surface area (Å²) in [4.78, 5) is 28.7. The maximum Gasteiger partial charge on any atom is 0.304 e. The fourth-order valence-corrected chi connectivity index (χ4v) is 1.68. The van der Waals surface area contributed by atoms with Crippen molar-refractivity contribution in [2.24, 2.45) is 5.41 Å². The molecule has 0 radical (unpaired) electrons. The molecule has 0 saturated carbocycles. The second kappa shape index (κ2) is 22.9. The van der Waals surface area contributed by atoms with Crippen molar-refractivity contribution in [1.29, 1.82) is 0 Å². The minimum absolute atomic E-state index is 0.156. The summed E-state index contributed by atoms with van der Waals surface area (Å²) in [5.74, 6) is -4.08. The average molecular weight is 501 g/mol. The summed E-state index contributed by atoms with van der Waals surface area (Å²) in [7, 11) is 0. The quantitative estimate of drug-likeness (QED) is 0.111. The lowest BCUT2D eigenvalue weighted by atomic mass is 9.86. The van der Waals surface area contributed by atoms with Crippen molar-refractivity contribution in [2.75, 3.05) is 37.1 Å². The van der Waals surface area contributed by atoms with E-state index in [-0.39, 0.29) is 19.3 Å². The Morgan fingerprint density at radius 1 is 0.600 bits per heavy atom. The SMILES string of the molecule is O=C(O)CCS.O=C(O)CCS.O=C(O)CCS.OCC(CO)(CO)CC(O)(O)O. The first-order valence-corrected chi connectivity index (χ1v) is 10.1. The predicted molar refractivity (Wildman–Crippen MR) is 116 cm³/mol. The van der Waals surface area contributed by atoms with Gasteiger partial charge in [-0.3, -0.25) is 14.4 Å². The zero-order chi connectivity index (χ0) is 24.8. The molecule has 0 unspecified atom stereocenters. The minimum atomic E-state index is -2.99. The Labute approximate surface area is 190 Å².